The van der Waals surface area contributed by atoms with Crippen molar-refractivity contribution in [1.29, 1.82) is 0 Å². The van der Waals surface area contributed by atoms with Crippen molar-refractivity contribution in [3.63, 3.8) is 0 Å². The van der Waals surface area contributed by atoms with E-state index < -0.39 is 0 Å². The van der Waals surface area contributed by atoms with Crippen LogP contribution in [0, 0.1) is 0 Å². The molecule has 0 aliphatic rings. The van der Waals surface area contributed by atoms with Gasteiger partial charge in [0.25, 0.3) is 0 Å². The van der Waals surface area contributed by atoms with Crippen molar-refractivity contribution < 1.29 is 22.0 Å². The van der Waals surface area contributed by atoms with Crippen molar-refractivity contribution in [1.82, 2.24) is 0 Å². The van der Waals surface area contributed by atoms with Crippen LogP contribution < -0.4 is 12.4 Å². The van der Waals surface area contributed by atoms with Crippen LogP contribution in [-0.2, 0) is 0 Å². The van der Waals surface area contributed by atoms with Crippen molar-refractivity contribution in [2.75, 3.05) is 27.2 Å². The van der Waals surface area contributed by atoms with Gasteiger partial charge < -0.3 is 22.0 Å². The summed E-state index contributed by atoms with van der Waals surface area (Å²) in [4.78, 5) is 0. The molecule has 0 radical (unpaired) electrons. The number of likely N-dealkylation sites (N-methyl/N-ethyl adjacent to an activating group) is 1. The van der Waals surface area contributed by atoms with E-state index in [-0.39, 0.29) is 18.5 Å². The Morgan fingerprint density at radius 3 is 0.974 bits per heavy atom. The second-order valence-electron chi connectivity index (χ2n) is 13.5. The van der Waals surface area contributed by atoms with Crippen molar-refractivity contribution in [3.8, 4) is 0 Å². The predicted octanol–water partition coefficient (Wildman–Crippen LogP) is 8.78. The van der Waals surface area contributed by atoms with Gasteiger partial charge in [-0.2, -0.15) is 0 Å². The lowest BCUT2D eigenvalue weighted by Gasteiger charge is -2.32. The molecule has 0 rings (SSSR count). The average Bonchev–Trinajstić information content (AvgIpc) is 2.88. The lowest BCUT2D eigenvalue weighted by atomic mass is 10.0. The van der Waals surface area contributed by atoms with E-state index in [0.29, 0.717) is 0 Å². The van der Waals surface area contributed by atoms with Gasteiger partial charge in [-0.15, -0.1) is 0 Å². The second-order valence-corrected chi connectivity index (χ2v) is 13.5. The highest BCUT2D eigenvalue weighted by Gasteiger charge is 2.19. The minimum atomic E-state index is -0.117. The molecule has 0 aromatic rings. The summed E-state index contributed by atoms with van der Waals surface area (Å²) in [5, 5.41) is 10.6. The lowest BCUT2D eigenvalue weighted by molar-refractivity contribution is -0.893. The molecule has 0 saturated carbocycles. The van der Waals surface area contributed by atoms with Crippen LogP contribution in [0.25, 0.3) is 0 Å². The molecule has 0 bridgehead atoms. The second kappa shape index (κ2) is 32.7. The summed E-state index contributed by atoms with van der Waals surface area (Å²) < 4.78 is 0.984. The summed E-state index contributed by atoms with van der Waals surface area (Å²) in [6, 6.07) is 0. The summed E-state index contributed by atoms with van der Waals surface area (Å²) in [6.07, 6.45) is 40.4. The molecular formula is C36H76ClNO. The Hall–Kier alpha value is 0.210. The molecule has 0 saturated heterocycles. The number of aliphatic hydroxyl groups excluding tert-OH is 1. The number of aliphatic hydroxyl groups is 1. The standard InChI is InChI=1S/C36H76NO.ClH/c1-5-7-9-11-13-15-17-19-20-21-22-24-26-28-30-32-34-37(3,4)35-36(38)33-31-29-27-25-23-18-16-14-12-10-8-6-2;/h36,38H,5-35H2,1-4H3;1H/q+1;/p-1. The largest absolute Gasteiger partial charge is 1.00 e. The Kier molecular flexibility index (Phi) is 34.7. The van der Waals surface area contributed by atoms with Gasteiger partial charge in [0, 0.05) is 0 Å². The molecule has 0 amide bonds. The van der Waals surface area contributed by atoms with E-state index in [4.69, 9.17) is 0 Å². The smallest absolute Gasteiger partial charge is 0.105 e. The lowest BCUT2D eigenvalue weighted by Crippen LogP contribution is -3.00. The fourth-order valence-electron chi connectivity index (χ4n) is 6.06. The number of hydrogen-bond donors (Lipinski definition) is 1. The van der Waals surface area contributed by atoms with Gasteiger partial charge in [0.1, 0.15) is 12.6 Å². The van der Waals surface area contributed by atoms with E-state index in [1.54, 1.807) is 0 Å². The first-order chi connectivity index (χ1) is 18.5. The zero-order valence-corrected chi connectivity index (χ0v) is 28.5. The first-order valence-electron chi connectivity index (χ1n) is 18.0. The molecular weight excluding hydrogens is 498 g/mol. The van der Waals surface area contributed by atoms with E-state index in [9.17, 15) is 5.11 Å². The van der Waals surface area contributed by atoms with Crippen molar-refractivity contribution >= 4 is 0 Å². The van der Waals surface area contributed by atoms with E-state index in [0.717, 1.165) is 17.4 Å². The molecule has 0 heterocycles. The van der Waals surface area contributed by atoms with Crippen molar-refractivity contribution in [3.05, 3.63) is 0 Å². The Labute approximate surface area is 254 Å². The van der Waals surface area contributed by atoms with Gasteiger partial charge >= 0.3 is 0 Å². The number of halogens is 1. The number of unbranched alkanes of at least 4 members (excludes halogenated alkanes) is 26. The topological polar surface area (TPSA) is 20.2 Å². The molecule has 0 spiro atoms. The summed E-state index contributed by atoms with van der Waals surface area (Å²) in [6.45, 7) is 6.74. The van der Waals surface area contributed by atoms with Crippen LogP contribution in [0.4, 0.5) is 0 Å². The van der Waals surface area contributed by atoms with Crippen LogP contribution in [0.1, 0.15) is 200 Å². The molecule has 39 heavy (non-hydrogen) atoms. The summed E-state index contributed by atoms with van der Waals surface area (Å²) in [5.74, 6) is 0. The zero-order chi connectivity index (χ0) is 28.0. The highest BCUT2D eigenvalue weighted by atomic mass is 35.5. The van der Waals surface area contributed by atoms with Crippen molar-refractivity contribution in [2.45, 2.75) is 206 Å². The molecule has 1 atom stereocenters. The zero-order valence-electron chi connectivity index (χ0n) is 27.8. The number of hydrogen-bond acceptors (Lipinski definition) is 1. The Morgan fingerprint density at radius 2 is 0.667 bits per heavy atom. The summed E-state index contributed by atoms with van der Waals surface area (Å²) >= 11 is 0. The van der Waals surface area contributed by atoms with Gasteiger partial charge in [0.2, 0.25) is 0 Å². The summed E-state index contributed by atoms with van der Waals surface area (Å²) in [7, 11) is 4.63. The number of nitrogens with zero attached hydrogens (tertiary/aromatic N) is 1. The van der Waals surface area contributed by atoms with Crippen molar-refractivity contribution in [2.24, 2.45) is 0 Å². The van der Waals surface area contributed by atoms with Gasteiger partial charge in [-0.1, -0.05) is 181 Å². The monoisotopic (exact) mass is 574 g/mol. The van der Waals surface area contributed by atoms with Gasteiger partial charge in [-0.05, 0) is 19.3 Å². The predicted molar refractivity (Wildman–Crippen MR) is 173 cm³/mol. The molecule has 0 aromatic heterocycles. The molecule has 0 fully saturated rings. The summed E-state index contributed by atoms with van der Waals surface area (Å²) in [5.41, 5.74) is 0. The van der Waals surface area contributed by atoms with Gasteiger partial charge in [-0.3, -0.25) is 0 Å². The Balaban J connectivity index is 0. The van der Waals surface area contributed by atoms with E-state index in [2.05, 4.69) is 27.9 Å². The van der Waals surface area contributed by atoms with E-state index in [1.807, 2.05) is 0 Å². The molecule has 0 aliphatic heterocycles. The molecule has 1 N–H and O–H groups in total. The maximum Gasteiger partial charge on any atom is 0.105 e. The maximum atomic E-state index is 10.6. The fraction of sp³-hybridized carbons (Fsp3) is 1.00. The first-order valence-corrected chi connectivity index (χ1v) is 18.0. The third kappa shape index (κ3) is 34.3. The highest BCUT2D eigenvalue weighted by Crippen LogP contribution is 2.16. The SMILES string of the molecule is CCCCCCCCCCCCCCCCCC[N+](C)(C)CC(O)CCCCCCCCCCCCCC.[Cl-]. The molecule has 3 heteroatoms. The average molecular weight is 574 g/mol. The molecule has 0 aromatic carbocycles. The third-order valence-electron chi connectivity index (χ3n) is 8.71. The van der Waals surface area contributed by atoms with E-state index >= 15 is 0 Å². The van der Waals surface area contributed by atoms with Crippen LogP contribution in [0.3, 0.4) is 0 Å². The molecule has 238 valence electrons. The first kappa shape index (κ1) is 41.3. The normalized spacial score (nSPS) is 12.5. The minimum Gasteiger partial charge on any atom is -1.00 e. The Bertz CT molecular complexity index is 442. The van der Waals surface area contributed by atoms with Crippen LogP contribution in [0.15, 0.2) is 0 Å². The fourth-order valence-corrected chi connectivity index (χ4v) is 6.06. The molecule has 2 nitrogen and oxygen atoms in total. The maximum absolute atomic E-state index is 10.6. The van der Waals surface area contributed by atoms with Gasteiger partial charge in [0.15, 0.2) is 0 Å². The van der Waals surface area contributed by atoms with Crippen LogP contribution in [0.2, 0.25) is 0 Å². The van der Waals surface area contributed by atoms with Gasteiger partial charge in [-0.25, -0.2) is 0 Å². The van der Waals surface area contributed by atoms with Crippen LogP contribution in [0.5, 0.6) is 0 Å². The third-order valence-corrected chi connectivity index (χ3v) is 8.71. The Morgan fingerprint density at radius 1 is 0.410 bits per heavy atom. The molecule has 1 unspecified atom stereocenters. The van der Waals surface area contributed by atoms with E-state index in [1.165, 1.54) is 186 Å². The van der Waals surface area contributed by atoms with Crippen LogP contribution in [-0.4, -0.2) is 42.9 Å². The highest BCUT2D eigenvalue weighted by molar-refractivity contribution is 4.57. The minimum absolute atomic E-state index is 0. The number of quaternary nitrogens is 1. The number of rotatable bonds is 32. The van der Waals surface area contributed by atoms with Crippen LogP contribution >= 0.6 is 0 Å². The van der Waals surface area contributed by atoms with Gasteiger partial charge in [0.05, 0.1) is 20.6 Å². The molecule has 0 aliphatic carbocycles. The quantitative estimate of drug-likeness (QED) is 0.0629.